The van der Waals surface area contributed by atoms with Crippen LogP contribution in [0.4, 0.5) is 0 Å². The molecule has 0 radical (unpaired) electrons. The van der Waals surface area contributed by atoms with E-state index in [0.29, 0.717) is 5.88 Å². The Kier molecular flexibility index (Phi) is 3.17. The quantitative estimate of drug-likeness (QED) is 0.715. The van der Waals surface area contributed by atoms with E-state index >= 15 is 0 Å². The summed E-state index contributed by atoms with van der Waals surface area (Å²) in [5, 5.41) is 1.11. The Morgan fingerprint density at radius 1 is 1.05 bits per heavy atom. The van der Waals surface area contributed by atoms with Gasteiger partial charge in [0.25, 0.3) is 0 Å². The fraction of sp³-hybridized carbons (Fsp3) is 0.0667. The third-order valence-electron chi connectivity index (χ3n) is 2.94. The zero-order chi connectivity index (χ0) is 13.2. The summed E-state index contributed by atoms with van der Waals surface area (Å²) < 4.78 is 6.09. The van der Waals surface area contributed by atoms with E-state index in [9.17, 15) is 0 Å². The summed E-state index contributed by atoms with van der Waals surface area (Å²) in [6, 6.07) is 12.1. The highest BCUT2D eigenvalue weighted by Crippen LogP contribution is 2.31. The first kappa shape index (κ1) is 12.1. The van der Waals surface area contributed by atoms with E-state index in [-0.39, 0.29) is 0 Å². The predicted octanol–water partition coefficient (Wildman–Crippen LogP) is 4.07. The van der Waals surface area contributed by atoms with Gasteiger partial charge in [-0.2, -0.15) is 0 Å². The highest BCUT2D eigenvalue weighted by atomic mass is 79.9. The SMILES string of the molecule is COc1cc(-c2cnc3ccccc3c2)c(Br)cn1. The van der Waals surface area contributed by atoms with Crippen molar-refractivity contribution in [3.8, 4) is 17.0 Å². The number of hydrogen-bond acceptors (Lipinski definition) is 3. The zero-order valence-corrected chi connectivity index (χ0v) is 11.9. The molecule has 3 aromatic rings. The molecule has 2 aromatic heterocycles. The number of methoxy groups -OCH3 is 1. The molecule has 94 valence electrons. The molecule has 0 N–H and O–H groups in total. The van der Waals surface area contributed by atoms with Crippen LogP contribution >= 0.6 is 15.9 Å². The maximum atomic E-state index is 5.17. The van der Waals surface area contributed by atoms with Gasteiger partial charge in [0, 0.05) is 39.4 Å². The molecule has 0 saturated heterocycles. The molecule has 0 bridgehead atoms. The van der Waals surface area contributed by atoms with E-state index in [0.717, 1.165) is 26.5 Å². The molecular weight excluding hydrogens is 304 g/mol. The van der Waals surface area contributed by atoms with Crippen LogP contribution in [0, 0.1) is 0 Å². The van der Waals surface area contributed by atoms with Gasteiger partial charge in [-0.1, -0.05) is 18.2 Å². The lowest BCUT2D eigenvalue weighted by molar-refractivity contribution is 0.398. The predicted molar refractivity (Wildman–Crippen MR) is 79.2 cm³/mol. The Hall–Kier alpha value is -1.94. The monoisotopic (exact) mass is 314 g/mol. The fourth-order valence-electron chi connectivity index (χ4n) is 1.97. The maximum absolute atomic E-state index is 5.17. The summed E-state index contributed by atoms with van der Waals surface area (Å²) in [7, 11) is 1.61. The Morgan fingerprint density at radius 3 is 2.74 bits per heavy atom. The molecule has 0 aliphatic heterocycles. The molecule has 3 nitrogen and oxygen atoms in total. The minimum atomic E-state index is 0.589. The first-order chi connectivity index (χ1) is 9.28. The Bertz CT molecular complexity index is 743. The van der Waals surface area contributed by atoms with Crippen molar-refractivity contribution in [2.24, 2.45) is 0 Å². The number of halogens is 1. The smallest absolute Gasteiger partial charge is 0.213 e. The van der Waals surface area contributed by atoms with Crippen LogP contribution in [0.15, 0.2) is 53.3 Å². The molecule has 3 rings (SSSR count). The molecule has 0 aliphatic rings. The van der Waals surface area contributed by atoms with Crippen LogP contribution in [0.3, 0.4) is 0 Å². The third kappa shape index (κ3) is 2.31. The van der Waals surface area contributed by atoms with E-state index in [1.54, 1.807) is 13.3 Å². The highest BCUT2D eigenvalue weighted by Gasteiger charge is 2.07. The standard InChI is InChI=1S/C15H11BrN2O/c1-19-15-7-12(13(16)9-18-15)11-6-10-4-2-3-5-14(10)17-8-11/h2-9H,1H3. The summed E-state index contributed by atoms with van der Waals surface area (Å²) in [4.78, 5) is 8.63. The van der Waals surface area contributed by atoms with Gasteiger partial charge >= 0.3 is 0 Å². The number of aromatic nitrogens is 2. The van der Waals surface area contributed by atoms with Gasteiger partial charge in [-0.05, 0) is 28.1 Å². The normalized spacial score (nSPS) is 10.6. The van der Waals surface area contributed by atoms with Crippen LogP contribution in [-0.4, -0.2) is 17.1 Å². The average molecular weight is 315 g/mol. The molecule has 0 spiro atoms. The van der Waals surface area contributed by atoms with Crippen LogP contribution in [0.25, 0.3) is 22.0 Å². The van der Waals surface area contributed by atoms with Crippen molar-refractivity contribution in [3.63, 3.8) is 0 Å². The lowest BCUT2D eigenvalue weighted by Gasteiger charge is -2.07. The number of benzene rings is 1. The molecule has 0 amide bonds. The molecule has 1 aromatic carbocycles. The number of pyridine rings is 2. The lowest BCUT2D eigenvalue weighted by atomic mass is 10.1. The van der Waals surface area contributed by atoms with Gasteiger partial charge < -0.3 is 4.74 Å². The largest absolute Gasteiger partial charge is 0.481 e. The second-order valence-electron chi connectivity index (χ2n) is 4.12. The maximum Gasteiger partial charge on any atom is 0.213 e. The summed E-state index contributed by atoms with van der Waals surface area (Å²) in [5.74, 6) is 0.589. The Labute approximate surface area is 119 Å². The summed E-state index contributed by atoms with van der Waals surface area (Å²) >= 11 is 3.51. The second-order valence-corrected chi connectivity index (χ2v) is 4.98. The number of para-hydroxylation sites is 1. The fourth-order valence-corrected chi connectivity index (χ4v) is 2.42. The number of ether oxygens (including phenoxy) is 1. The highest BCUT2D eigenvalue weighted by molar-refractivity contribution is 9.10. The van der Waals surface area contributed by atoms with Gasteiger partial charge in [-0.15, -0.1) is 0 Å². The number of nitrogens with zero attached hydrogens (tertiary/aromatic N) is 2. The van der Waals surface area contributed by atoms with Crippen LogP contribution in [0.5, 0.6) is 5.88 Å². The van der Waals surface area contributed by atoms with Crippen molar-refractivity contribution in [2.45, 2.75) is 0 Å². The molecular formula is C15H11BrN2O. The summed E-state index contributed by atoms with van der Waals surface area (Å²) in [6.07, 6.45) is 3.60. The van der Waals surface area contributed by atoms with Crippen molar-refractivity contribution in [1.82, 2.24) is 9.97 Å². The number of hydrogen-bond donors (Lipinski definition) is 0. The molecule has 0 aliphatic carbocycles. The second kappa shape index (κ2) is 4.97. The van der Waals surface area contributed by atoms with Gasteiger partial charge in [0.1, 0.15) is 0 Å². The van der Waals surface area contributed by atoms with Crippen molar-refractivity contribution in [1.29, 1.82) is 0 Å². The summed E-state index contributed by atoms with van der Waals surface area (Å²) in [5.41, 5.74) is 3.04. The molecule has 4 heteroatoms. The molecule has 0 atom stereocenters. The summed E-state index contributed by atoms with van der Waals surface area (Å²) in [6.45, 7) is 0. The van der Waals surface area contributed by atoms with E-state index in [2.05, 4.69) is 38.0 Å². The van der Waals surface area contributed by atoms with Crippen LogP contribution in [0.1, 0.15) is 0 Å². The third-order valence-corrected chi connectivity index (χ3v) is 3.57. The number of fused-ring (bicyclic) bond motifs is 1. The van der Waals surface area contributed by atoms with Crippen LogP contribution in [-0.2, 0) is 0 Å². The lowest BCUT2D eigenvalue weighted by Crippen LogP contribution is -1.90. The van der Waals surface area contributed by atoms with Gasteiger partial charge in [0.15, 0.2) is 0 Å². The first-order valence-corrected chi connectivity index (χ1v) is 6.62. The topological polar surface area (TPSA) is 35.0 Å². The van der Waals surface area contributed by atoms with Gasteiger partial charge in [0.05, 0.1) is 12.6 Å². The molecule has 0 unspecified atom stereocenters. The van der Waals surface area contributed by atoms with Gasteiger partial charge in [-0.25, -0.2) is 4.98 Å². The molecule has 0 saturated carbocycles. The van der Waals surface area contributed by atoms with Gasteiger partial charge in [-0.3, -0.25) is 4.98 Å². The van der Waals surface area contributed by atoms with Crippen molar-refractivity contribution in [3.05, 3.63) is 53.3 Å². The number of rotatable bonds is 2. The Balaban J connectivity index is 2.18. The van der Waals surface area contributed by atoms with Crippen molar-refractivity contribution >= 4 is 26.8 Å². The van der Waals surface area contributed by atoms with E-state index < -0.39 is 0 Å². The molecule has 2 heterocycles. The molecule has 19 heavy (non-hydrogen) atoms. The van der Waals surface area contributed by atoms with Gasteiger partial charge in [0.2, 0.25) is 5.88 Å². The van der Waals surface area contributed by atoms with E-state index in [1.165, 1.54) is 0 Å². The van der Waals surface area contributed by atoms with Crippen molar-refractivity contribution in [2.75, 3.05) is 7.11 Å². The zero-order valence-electron chi connectivity index (χ0n) is 10.3. The van der Waals surface area contributed by atoms with Crippen LogP contribution in [0.2, 0.25) is 0 Å². The minimum absolute atomic E-state index is 0.589. The van der Waals surface area contributed by atoms with Crippen molar-refractivity contribution < 1.29 is 4.74 Å². The van der Waals surface area contributed by atoms with E-state index in [4.69, 9.17) is 4.74 Å². The first-order valence-electron chi connectivity index (χ1n) is 5.82. The van der Waals surface area contributed by atoms with E-state index in [1.807, 2.05) is 30.5 Å². The van der Waals surface area contributed by atoms with Crippen LogP contribution < -0.4 is 4.74 Å². The minimum Gasteiger partial charge on any atom is -0.481 e. The molecule has 0 fully saturated rings. The Morgan fingerprint density at radius 2 is 1.89 bits per heavy atom. The average Bonchev–Trinajstić information content (AvgIpc) is 2.47.